The lowest BCUT2D eigenvalue weighted by molar-refractivity contribution is -0.129. The number of aromatic hydroxyl groups is 1. The number of piperidine rings is 1. The molecule has 2 aliphatic heterocycles. The van der Waals surface area contributed by atoms with Gasteiger partial charge in [-0.2, -0.15) is 0 Å². The molecule has 2 amide bonds. The molecule has 2 atom stereocenters. The summed E-state index contributed by atoms with van der Waals surface area (Å²) in [7, 11) is 0. The standard InChI is InChI=1S/C13H14N2O4/c16-8-1-2-9-7(5-8)6-15(13(9)19)10-3-4-11(17)14-12(10)18/h1-2,5,10,12,16,18H,3-4,6H2,(H,14,17). The highest BCUT2D eigenvalue weighted by molar-refractivity contribution is 5.98. The molecule has 0 aliphatic carbocycles. The lowest BCUT2D eigenvalue weighted by Crippen LogP contribution is -2.55. The number of aliphatic hydroxyl groups excluding tert-OH is 1. The molecular formula is C13H14N2O4. The van der Waals surface area contributed by atoms with Crippen molar-refractivity contribution in [2.45, 2.75) is 31.7 Å². The van der Waals surface area contributed by atoms with Crippen molar-refractivity contribution in [3.8, 4) is 5.75 Å². The fourth-order valence-electron chi connectivity index (χ4n) is 2.69. The molecule has 6 heteroatoms. The molecule has 0 radical (unpaired) electrons. The SMILES string of the molecule is O=C1CCC(N2Cc3cc(O)ccc3C2=O)C(O)N1. The Morgan fingerprint density at radius 3 is 2.84 bits per heavy atom. The summed E-state index contributed by atoms with van der Waals surface area (Å²) in [6.45, 7) is 0.347. The number of benzene rings is 1. The topological polar surface area (TPSA) is 89.9 Å². The Labute approximate surface area is 109 Å². The molecule has 1 saturated heterocycles. The third-order valence-corrected chi connectivity index (χ3v) is 3.66. The maximum absolute atomic E-state index is 12.3. The number of rotatable bonds is 1. The number of phenolic OH excluding ortho intramolecular Hbond substituents is 1. The third-order valence-electron chi connectivity index (χ3n) is 3.66. The van der Waals surface area contributed by atoms with E-state index < -0.39 is 12.3 Å². The minimum Gasteiger partial charge on any atom is -0.508 e. The number of nitrogens with zero attached hydrogens (tertiary/aromatic N) is 1. The monoisotopic (exact) mass is 262 g/mol. The minimum absolute atomic E-state index is 0.117. The number of hydrogen-bond donors (Lipinski definition) is 3. The van der Waals surface area contributed by atoms with Crippen molar-refractivity contribution in [2.24, 2.45) is 0 Å². The second-order valence-corrected chi connectivity index (χ2v) is 4.89. The first-order chi connectivity index (χ1) is 9.06. The van der Waals surface area contributed by atoms with Crippen molar-refractivity contribution in [2.75, 3.05) is 0 Å². The first kappa shape index (κ1) is 12.0. The first-order valence-corrected chi connectivity index (χ1v) is 6.16. The molecule has 1 fully saturated rings. The summed E-state index contributed by atoms with van der Waals surface area (Å²) < 4.78 is 0. The predicted octanol–water partition coefficient (Wildman–Crippen LogP) is -0.0550. The first-order valence-electron chi connectivity index (χ1n) is 6.16. The van der Waals surface area contributed by atoms with Crippen LogP contribution in [0.5, 0.6) is 5.75 Å². The largest absolute Gasteiger partial charge is 0.508 e. The Balaban J connectivity index is 1.85. The summed E-state index contributed by atoms with van der Waals surface area (Å²) >= 11 is 0. The van der Waals surface area contributed by atoms with Gasteiger partial charge < -0.3 is 20.4 Å². The van der Waals surface area contributed by atoms with Gasteiger partial charge in [0, 0.05) is 18.5 Å². The third kappa shape index (κ3) is 1.94. The van der Waals surface area contributed by atoms with Crippen LogP contribution in [0.1, 0.15) is 28.8 Å². The van der Waals surface area contributed by atoms with Gasteiger partial charge in [-0.05, 0) is 30.2 Å². The molecule has 6 nitrogen and oxygen atoms in total. The lowest BCUT2D eigenvalue weighted by atomic mass is 10.0. The highest BCUT2D eigenvalue weighted by Crippen LogP contribution is 2.30. The number of hydrogen-bond acceptors (Lipinski definition) is 4. The van der Waals surface area contributed by atoms with Crippen LogP contribution in [0.3, 0.4) is 0 Å². The second kappa shape index (κ2) is 4.24. The molecule has 1 aromatic rings. The molecule has 3 N–H and O–H groups in total. The highest BCUT2D eigenvalue weighted by Gasteiger charge is 2.38. The van der Waals surface area contributed by atoms with Crippen LogP contribution >= 0.6 is 0 Å². The molecule has 2 aliphatic rings. The van der Waals surface area contributed by atoms with Crippen LogP contribution in [0.4, 0.5) is 0 Å². The van der Waals surface area contributed by atoms with E-state index in [0.717, 1.165) is 5.56 Å². The summed E-state index contributed by atoms with van der Waals surface area (Å²) in [6.07, 6.45) is -0.292. The number of phenols is 1. The van der Waals surface area contributed by atoms with E-state index in [1.54, 1.807) is 17.0 Å². The number of aliphatic hydroxyl groups is 1. The van der Waals surface area contributed by atoms with Gasteiger partial charge in [0.25, 0.3) is 5.91 Å². The Morgan fingerprint density at radius 1 is 1.32 bits per heavy atom. The zero-order valence-electron chi connectivity index (χ0n) is 10.2. The Morgan fingerprint density at radius 2 is 2.11 bits per heavy atom. The maximum atomic E-state index is 12.3. The van der Waals surface area contributed by atoms with Crippen molar-refractivity contribution in [3.05, 3.63) is 29.3 Å². The molecule has 0 saturated carbocycles. The maximum Gasteiger partial charge on any atom is 0.254 e. The van der Waals surface area contributed by atoms with Crippen LogP contribution in [-0.4, -0.2) is 39.2 Å². The average molecular weight is 262 g/mol. The molecule has 0 bridgehead atoms. The quantitative estimate of drug-likeness (QED) is 0.661. The van der Waals surface area contributed by atoms with Gasteiger partial charge in [-0.3, -0.25) is 9.59 Å². The van der Waals surface area contributed by atoms with E-state index in [9.17, 15) is 19.8 Å². The summed E-state index contributed by atoms with van der Waals surface area (Å²) in [5, 5.41) is 21.7. The van der Waals surface area contributed by atoms with Crippen molar-refractivity contribution in [3.63, 3.8) is 0 Å². The van der Waals surface area contributed by atoms with Gasteiger partial charge in [0.05, 0.1) is 6.04 Å². The molecular weight excluding hydrogens is 248 g/mol. The summed E-state index contributed by atoms with van der Waals surface area (Å²) in [5.74, 6) is -0.258. The number of nitrogens with one attached hydrogen (secondary N) is 1. The predicted molar refractivity (Wildman–Crippen MR) is 65.2 cm³/mol. The van der Waals surface area contributed by atoms with Gasteiger partial charge >= 0.3 is 0 Å². The summed E-state index contributed by atoms with van der Waals surface area (Å²) in [4.78, 5) is 25.0. The number of carbonyl (C=O) groups excluding carboxylic acids is 2. The Kier molecular flexibility index (Phi) is 2.67. The molecule has 2 heterocycles. The van der Waals surface area contributed by atoms with Crippen molar-refractivity contribution < 1.29 is 19.8 Å². The van der Waals surface area contributed by atoms with E-state index in [4.69, 9.17) is 0 Å². The fourth-order valence-corrected chi connectivity index (χ4v) is 2.69. The normalized spacial score (nSPS) is 26.3. The van der Waals surface area contributed by atoms with Gasteiger partial charge in [-0.1, -0.05) is 0 Å². The van der Waals surface area contributed by atoms with Crippen LogP contribution < -0.4 is 5.32 Å². The zero-order chi connectivity index (χ0) is 13.6. The van der Waals surface area contributed by atoms with Crippen LogP contribution in [0.2, 0.25) is 0 Å². The van der Waals surface area contributed by atoms with E-state index in [2.05, 4.69) is 5.32 Å². The molecule has 2 unspecified atom stereocenters. The molecule has 1 aromatic carbocycles. The van der Waals surface area contributed by atoms with Gasteiger partial charge in [-0.15, -0.1) is 0 Å². The van der Waals surface area contributed by atoms with Gasteiger partial charge in [-0.25, -0.2) is 0 Å². The fraction of sp³-hybridized carbons (Fsp3) is 0.385. The highest BCUT2D eigenvalue weighted by atomic mass is 16.3. The van der Waals surface area contributed by atoms with E-state index >= 15 is 0 Å². The van der Waals surface area contributed by atoms with Crippen LogP contribution in [0.25, 0.3) is 0 Å². The zero-order valence-corrected chi connectivity index (χ0v) is 10.2. The van der Waals surface area contributed by atoms with Crippen molar-refractivity contribution in [1.82, 2.24) is 10.2 Å². The van der Waals surface area contributed by atoms with Gasteiger partial charge in [0.15, 0.2) is 0 Å². The Hall–Kier alpha value is -2.08. The Bertz CT molecular complexity index is 558. The average Bonchev–Trinajstić information content (AvgIpc) is 2.66. The lowest BCUT2D eigenvalue weighted by Gasteiger charge is -2.35. The molecule has 0 aromatic heterocycles. The van der Waals surface area contributed by atoms with E-state index in [1.165, 1.54) is 6.07 Å². The second-order valence-electron chi connectivity index (χ2n) is 4.89. The molecule has 100 valence electrons. The smallest absolute Gasteiger partial charge is 0.254 e. The molecule has 0 spiro atoms. The van der Waals surface area contributed by atoms with Crippen molar-refractivity contribution >= 4 is 11.8 Å². The van der Waals surface area contributed by atoms with Crippen LogP contribution in [0, 0.1) is 0 Å². The number of carbonyl (C=O) groups is 2. The number of fused-ring (bicyclic) bond motifs is 1. The number of amides is 2. The molecule has 19 heavy (non-hydrogen) atoms. The van der Waals surface area contributed by atoms with Crippen LogP contribution in [0.15, 0.2) is 18.2 Å². The minimum atomic E-state index is -1.03. The van der Waals surface area contributed by atoms with Gasteiger partial charge in [0.1, 0.15) is 12.0 Å². The summed E-state index contributed by atoms with van der Waals surface area (Å²) in [6, 6.07) is 4.20. The van der Waals surface area contributed by atoms with E-state index in [-0.39, 0.29) is 17.6 Å². The van der Waals surface area contributed by atoms with E-state index in [0.29, 0.717) is 24.9 Å². The van der Waals surface area contributed by atoms with E-state index in [1.807, 2.05) is 0 Å². The van der Waals surface area contributed by atoms with Crippen LogP contribution in [-0.2, 0) is 11.3 Å². The van der Waals surface area contributed by atoms with Gasteiger partial charge in [0.2, 0.25) is 5.91 Å². The summed E-state index contributed by atoms with van der Waals surface area (Å²) in [5.41, 5.74) is 1.29. The molecule has 3 rings (SSSR count). The van der Waals surface area contributed by atoms with Crippen molar-refractivity contribution in [1.29, 1.82) is 0 Å².